The fourth-order valence-electron chi connectivity index (χ4n) is 8.83. The van der Waals surface area contributed by atoms with Gasteiger partial charge in [0.25, 0.3) is 0 Å². The van der Waals surface area contributed by atoms with Crippen molar-refractivity contribution in [3.8, 4) is 0 Å². The van der Waals surface area contributed by atoms with Gasteiger partial charge in [-0.1, -0.05) is 6.92 Å². The summed E-state index contributed by atoms with van der Waals surface area (Å²) in [5.74, 6) is 2.93. The van der Waals surface area contributed by atoms with Crippen molar-refractivity contribution in [2.24, 2.45) is 40.4 Å². The van der Waals surface area contributed by atoms with Crippen LogP contribution in [-0.2, 0) is 16.1 Å². The molecule has 1 aromatic rings. The minimum Gasteiger partial charge on any atom is -0.390 e. The number of hydrogen-bond acceptors (Lipinski definition) is 6. The van der Waals surface area contributed by atoms with Gasteiger partial charge in [0, 0.05) is 13.0 Å². The third kappa shape index (κ3) is 3.38. The van der Waals surface area contributed by atoms with Gasteiger partial charge in [0.2, 0.25) is 0 Å². The van der Waals surface area contributed by atoms with E-state index in [1.165, 1.54) is 25.6 Å². The van der Waals surface area contributed by atoms with Crippen molar-refractivity contribution in [2.75, 3.05) is 13.7 Å². The normalized spacial score (nSPS) is 46.8. The number of nitrogens with zero attached hydrogens (tertiary/aromatic N) is 4. The molecular formula is C24H38N4O3. The predicted molar refractivity (Wildman–Crippen MR) is 115 cm³/mol. The summed E-state index contributed by atoms with van der Waals surface area (Å²) < 4.78 is 7.42. The van der Waals surface area contributed by atoms with Crippen molar-refractivity contribution >= 4 is 5.78 Å². The van der Waals surface area contributed by atoms with Crippen molar-refractivity contribution in [1.82, 2.24) is 20.2 Å². The summed E-state index contributed by atoms with van der Waals surface area (Å²) in [5, 5.41) is 22.1. The zero-order chi connectivity index (χ0) is 21.9. The molecule has 5 rings (SSSR count). The molecule has 0 spiro atoms. The van der Waals surface area contributed by atoms with Crippen LogP contribution < -0.4 is 0 Å². The Morgan fingerprint density at radius 3 is 2.71 bits per heavy atom. The summed E-state index contributed by atoms with van der Waals surface area (Å²) >= 11 is 0. The average molecular weight is 431 g/mol. The Hall–Kier alpha value is -1.34. The third-order valence-electron chi connectivity index (χ3n) is 10.2. The van der Waals surface area contributed by atoms with Gasteiger partial charge in [-0.2, -0.15) is 0 Å². The number of carbonyl (C=O) groups excluding carboxylic acids is 1. The fourth-order valence-corrected chi connectivity index (χ4v) is 8.83. The first kappa shape index (κ1) is 21.5. The van der Waals surface area contributed by atoms with E-state index in [-0.39, 0.29) is 16.7 Å². The van der Waals surface area contributed by atoms with E-state index in [4.69, 9.17) is 4.74 Å². The minimum atomic E-state index is -0.529. The van der Waals surface area contributed by atoms with Crippen LogP contribution >= 0.6 is 0 Å². The van der Waals surface area contributed by atoms with Crippen LogP contribution in [0.5, 0.6) is 0 Å². The molecule has 0 amide bonds. The Balaban J connectivity index is 1.38. The number of carbonyl (C=O) groups is 1. The second-order valence-corrected chi connectivity index (χ2v) is 11.7. The number of aromatic nitrogens is 4. The van der Waals surface area contributed by atoms with E-state index in [0.717, 1.165) is 45.1 Å². The largest absolute Gasteiger partial charge is 0.390 e. The third-order valence-corrected chi connectivity index (χ3v) is 10.2. The van der Waals surface area contributed by atoms with Crippen LogP contribution in [0.1, 0.15) is 71.6 Å². The Bertz CT molecular complexity index is 812. The summed E-state index contributed by atoms with van der Waals surface area (Å²) in [6, 6.07) is 0. The highest BCUT2D eigenvalue weighted by Crippen LogP contribution is 2.68. The SMILES string of the molecule is COC[C@]12CC[C@@](C)(O)C[C@@H]1CC[C@H]1[C@@H]3CC[C@H](C(=O)Cn4cnnn4)[C@@]3(C)CC[C@@H]12. The lowest BCUT2D eigenvalue weighted by Crippen LogP contribution is -2.58. The van der Waals surface area contributed by atoms with Crippen LogP contribution in [0.3, 0.4) is 0 Å². The second-order valence-electron chi connectivity index (χ2n) is 11.7. The van der Waals surface area contributed by atoms with Gasteiger partial charge in [-0.25, -0.2) is 4.68 Å². The van der Waals surface area contributed by atoms with Gasteiger partial charge in [0.15, 0.2) is 5.78 Å². The molecule has 0 bridgehead atoms. The molecule has 4 saturated carbocycles. The number of rotatable bonds is 5. The summed E-state index contributed by atoms with van der Waals surface area (Å²) in [7, 11) is 1.85. The lowest BCUT2D eigenvalue weighted by Gasteiger charge is -2.62. The van der Waals surface area contributed by atoms with E-state index >= 15 is 0 Å². The number of Topliss-reactive ketones (excluding diaryl/α,β-unsaturated/α-hetero) is 1. The fraction of sp³-hybridized carbons (Fsp3) is 0.917. The van der Waals surface area contributed by atoms with E-state index in [2.05, 4.69) is 22.4 Å². The van der Waals surface area contributed by atoms with Crippen molar-refractivity contribution in [2.45, 2.75) is 83.8 Å². The molecule has 0 aliphatic heterocycles. The molecule has 0 saturated heterocycles. The molecular weight excluding hydrogens is 392 g/mol. The molecule has 4 fully saturated rings. The van der Waals surface area contributed by atoms with E-state index in [0.29, 0.717) is 36.0 Å². The Morgan fingerprint density at radius 2 is 1.97 bits per heavy atom. The van der Waals surface area contributed by atoms with Crippen LogP contribution in [-0.4, -0.2) is 50.4 Å². The zero-order valence-corrected chi connectivity index (χ0v) is 19.3. The first-order valence-corrected chi connectivity index (χ1v) is 12.2. The van der Waals surface area contributed by atoms with E-state index in [1.54, 1.807) is 4.68 Å². The highest BCUT2D eigenvalue weighted by atomic mass is 16.5. The number of fused-ring (bicyclic) bond motifs is 5. The molecule has 1 aromatic heterocycles. The average Bonchev–Trinajstić information content (AvgIpc) is 3.35. The van der Waals surface area contributed by atoms with E-state index in [9.17, 15) is 9.90 Å². The van der Waals surface area contributed by atoms with Crippen LogP contribution in [0, 0.1) is 40.4 Å². The smallest absolute Gasteiger partial charge is 0.158 e. The lowest BCUT2D eigenvalue weighted by atomic mass is 9.43. The van der Waals surface area contributed by atoms with Gasteiger partial charge < -0.3 is 9.84 Å². The molecule has 7 nitrogen and oxygen atoms in total. The van der Waals surface area contributed by atoms with Crippen molar-refractivity contribution in [3.05, 3.63) is 6.33 Å². The Labute approximate surface area is 185 Å². The molecule has 8 atom stereocenters. The number of ether oxygens (including phenoxy) is 1. The molecule has 1 heterocycles. The Morgan fingerprint density at radius 1 is 1.13 bits per heavy atom. The van der Waals surface area contributed by atoms with Gasteiger partial charge in [-0.05, 0) is 110 Å². The highest BCUT2D eigenvalue weighted by molar-refractivity contribution is 5.82. The number of ketones is 1. The zero-order valence-electron chi connectivity index (χ0n) is 19.3. The number of hydrogen-bond donors (Lipinski definition) is 1. The minimum absolute atomic E-state index is 0.0908. The molecule has 4 aliphatic carbocycles. The maximum absolute atomic E-state index is 13.2. The topological polar surface area (TPSA) is 90.1 Å². The van der Waals surface area contributed by atoms with Crippen molar-refractivity contribution in [3.63, 3.8) is 0 Å². The van der Waals surface area contributed by atoms with E-state index < -0.39 is 5.60 Å². The van der Waals surface area contributed by atoms with Crippen molar-refractivity contribution < 1.29 is 14.6 Å². The van der Waals surface area contributed by atoms with Gasteiger partial charge in [0.05, 0.1) is 12.2 Å². The van der Waals surface area contributed by atoms with Gasteiger partial charge in [-0.15, -0.1) is 5.10 Å². The quantitative estimate of drug-likeness (QED) is 0.771. The molecule has 7 heteroatoms. The predicted octanol–water partition coefficient (Wildman–Crippen LogP) is 3.28. The summed E-state index contributed by atoms with van der Waals surface area (Å²) in [6.45, 7) is 5.52. The summed E-state index contributed by atoms with van der Waals surface area (Å²) in [5.41, 5.74) is -0.234. The van der Waals surface area contributed by atoms with Crippen LogP contribution in [0.4, 0.5) is 0 Å². The lowest BCUT2D eigenvalue weighted by molar-refractivity contribution is -0.175. The first-order valence-electron chi connectivity index (χ1n) is 12.2. The maximum Gasteiger partial charge on any atom is 0.158 e. The second kappa shape index (κ2) is 7.62. The van der Waals surface area contributed by atoms with Crippen LogP contribution in [0.2, 0.25) is 0 Å². The van der Waals surface area contributed by atoms with Crippen molar-refractivity contribution in [1.29, 1.82) is 0 Å². The summed E-state index contributed by atoms with van der Waals surface area (Å²) in [4.78, 5) is 13.2. The van der Waals surface area contributed by atoms with Gasteiger partial charge >= 0.3 is 0 Å². The molecule has 1 N–H and O–H groups in total. The first-order chi connectivity index (χ1) is 14.8. The van der Waals surface area contributed by atoms with Gasteiger partial charge in [-0.3, -0.25) is 4.79 Å². The highest BCUT2D eigenvalue weighted by Gasteiger charge is 2.63. The van der Waals surface area contributed by atoms with Crippen LogP contribution in [0.25, 0.3) is 0 Å². The number of tetrazole rings is 1. The van der Waals surface area contributed by atoms with Crippen LogP contribution in [0.15, 0.2) is 6.33 Å². The molecule has 0 unspecified atom stereocenters. The monoisotopic (exact) mass is 430 g/mol. The number of aliphatic hydroxyl groups is 1. The molecule has 0 radical (unpaired) electrons. The Kier molecular flexibility index (Phi) is 5.28. The standard InChI is InChI=1S/C24H38N4O3/c1-22(30)10-11-24(14-31-3)16(12-22)4-5-17-18-6-7-20(23(18,2)9-8-19(17)24)21(29)13-28-15-25-26-27-28/h15-20,30H,4-14H2,1-3H3/t16-,17-,18-,19-,20+,22+,23-,24+/m0/s1. The maximum atomic E-state index is 13.2. The number of methoxy groups -OCH3 is 1. The van der Waals surface area contributed by atoms with E-state index in [1.807, 2.05) is 14.0 Å². The molecule has 31 heavy (non-hydrogen) atoms. The summed E-state index contributed by atoms with van der Waals surface area (Å²) in [6.07, 6.45) is 11.3. The molecule has 172 valence electrons. The van der Waals surface area contributed by atoms with Gasteiger partial charge in [0.1, 0.15) is 12.9 Å². The molecule has 4 aliphatic rings. The molecule has 0 aromatic carbocycles.